The second kappa shape index (κ2) is 10.3. The van der Waals surface area contributed by atoms with Gasteiger partial charge in [-0.25, -0.2) is 0 Å². The smallest absolute Gasteiger partial charge is 0.163 e. The Kier molecular flexibility index (Phi) is 7.79. The van der Waals surface area contributed by atoms with Crippen LogP contribution in [0.3, 0.4) is 0 Å². The van der Waals surface area contributed by atoms with E-state index >= 15 is 0 Å². The molecular formula is C20H24N2O4. The third-order valence-electron chi connectivity index (χ3n) is 3.87. The van der Waals surface area contributed by atoms with Gasteiger partial charge in [0, 0.05) is 48.4 Å². The Labute approximate surface area is 152 Å². The van der Waals surface area contributed by atoms with Crippen molar-refractivity contribution < 1.29 is 19.8 Å². The van der Waals surface area contributed by atoms with Gasteiger partial charge in [-0.05, 0) is 48.5 Å². The molecule has 0 bridgehead atoms. The molecule has 0 spiro atoms. The number of carbonyl (C=O) groups excluding carboxylic acids is 2. The van der Waals surface area contributed by atoms with Crippen molar-refractivity contribution in [2.24, 2.45) is 0 Å². The van der Waals surface area contributed by atoms with Crippen molar-refractivity contribution >= 4 is 22.9 Å². The highest BCUT2D eigenvalue weighted by atomic mass is 16.3. The van der Waals surface area contributed by atoms with Gasteiger partial charge in [-0.3, -0.25) is 9.59 Å². The number of ketones is 2. The van der Waals surface area contributed by atoms with Gasteiger partial charge < -0.3 is 20.8 Å². The van der Waals surface area contributed by atoms with Crippen molar-refractivity contribution in [3.63, 3.8) is 0 Å². The van der Waals surface area contributed by atoms with Gasteiger partial charge in [0.05, 0.1) is 13.2 Å². The van der Waals surface area contributed by atoms with Crippen molar-refractivity contribution in [2.75, 3.05) is 36.9 Å². The number of rotatable bonds is 11. The predicted molar refractivity (Wildman–Crippen MR) is 102 cm³/mol. The van der Waals surface area contributed by atoms with E-state index in [2.05, 4.69) is 10.6 Å². The monoisotopic (exact) mass is 356 g/mol. The van der Waals surface area contributed by atoms with Crippen molar-refractivity contribution in [3.05, 3.63) is 59.7 Å². The maximum atomic E-state index is 12.2. The van der Waals surface area contributed by atoms with E-state index in [-0.39, 0.29) is 37.6 Å². The minimum Gasteiger partial charge on any atom is -0.395 e. The van der Waals surface area contributed by atoms with E-state index in [0.29, 0.717) is 24.2 Å². The summed E-state index contributed by atoms with van der Waals surface area (Å²) in [5, 5.41) is 23.6. The van der Waals surface area contributed by atoms with Gasteiger partial charge in [-0.2, -0.15) is 0 Å². The second-order valence-corrected chi connectivity index (χ2v) is 5.80. The first-order valence-electron chi connectivity index (χ1n) is 8.60. The van der Waals surface area contributed by atoms with Gasteiger partial charge >= 0.3 is 0 Å². The molecule has 0 aromatic heterocycles. The Balaban J connectivity index is 1.85. The molecule has 0 radical (unpaired) electrons. The Morgan fingerprint density at radius 3 is 1.31 bits per heavy atom. The standard InChI is InChI=1S/C20H24N2O4/c23-13-11-21-17-5-1-15(2-6-17)19(25)9-10-20(26)16-3-7-18(8-4-16)22-12-14-24/h1-8,21-24H,9-14H2. The summed E-state index contributed by atoms with van der Waals surface area (Å²) in [6.07, 6.45) is 0.319. The molecule has 4 N–H and O–H groups in total. The summed E-state index contributed by atoms with van der Waals surface area (Å²) in [6, 6.07) is 14.0. The maximum absolute atomic E-state index is 12.2. The maximum Gasteiger partial charge on any atom is 0.163 e. The van der Waals surface area contributed by atoms with Gasteiger partial charge in [0.2, 0.25) is 0 Å². The molecule has 0 aliphatic heterocycles. The molecule has 2 rings (SSSR count). The quantitative estimate of drug-likeness (QED) is 0.461. The molecule has 0 aliphatic carbocycles. The van der Waals surface area contributed by atoms with E-state index in [0.717, 1.165) is 11.4 Å². The highest BCUT2D eigenvalue weighted by molar-refractivity contribution is 6.02. The molecule has 2 aromatic rings. The van der Waals surface area contributed by atoms with Gasteiger partial charge in [0.15, 0.2) is 11.6 Å². The topological polar surface area (TPSA) is 98.7 Å². The van der Waals surface area contributed by atoms with Crippen molar-refractivity contribution in [3.8, 4) is 0 Å². The molecule has 26 heavy (non-hydrogen) atoms. The molecule has 0 amide bonds. The average Bonchev–Trinajstić information content (AvgIpc) is 2.69. The van der Waals surface area contributed by atoms with E-state index in [9.17, 15) is 9.59 Å². The summed E-state index contributed by atoms with van der Waals surface area (Å²) < 4.78 is 0. The average molecular weight is 356 g/mol. The summed E-state index contributed by atoms with van der Waals surface area (Å²) in [5.74, 6) is -0.151. The zero-order valence-electron chi connectivity index (χ0n) is 14.6. The number of hydrogen-bond donors (Lipinski definition) is 4. The fourth-order valence-corrected chi connectivity index (χ4v) is 2.46. The SMILES string of the molecule is O=C(CCC(=O)c1ccc(NCCO)cc1)c1ccc(NCCO)cc1. The second-order valence-electron chi connectivity index (χ2n) is 5.80. The Bertz CT molecular complexity index is 648. The molecular weight excluding hydrogens is 332 g/mol. The molecule has 0 atom stereocenters. The number of Topliss-reactive ketones (excluding diaryl/α,β-unsaturated/α-hetero) is 2. The predicted octanol–water partition coefficient (Wildman–Crippen LogP) is 2.34. The van der Waals surface area contributed by atoms with Crippen molar-refractivity contribution in [1.29, 1.82) is 0 Å². The lowest BCUT2D eigenvalue weighted by Gasteiger charge is -2.07. The molecule has 138 valence electrons. The minimum absolute atomic E-state index is 0.0429. The highest BCUT2D eigenvalue weighted by Gasteiger charge is 2.11. The number of aliphatic hydroxyl groups is 2. The summed E-state index contributed by atoms with van der Waals surface area (Å²) in [4.78, 5) is 24.5. The Morgan fingerprint density at radius 1 is 0.654 bits per heavy atom. The van der Waals surface area contributed by atoms with E-state index in [4.69, 9.17) is 10.2 Å². The molecule has 0 unspecified atom stereocenters. The van der Waals surface area contributed by atoms with Crippen LogP contribution in [0.1, 0.15) is 33.6 Å². The van der Waals surface area contributed by atoms with Crippen LogP contribution in [-0.2, 0) is 0 Å². The molecule has 6 heteroatoms. The lowest BCUT2D eigenvalue weighted by Crippen LogP contribution is -2.08. The van der Waals surface area contributed by atoms with Crippen LogP contribution in [0.15, 0.2) is 48.5 Å². The van der Waals surface area contributed by atoms with E-state index in [1.54, 1.807) is 48.5 Å². The van der Waals surface area contributed by atoms with Crippen LogP contribution in [-0.4, -0.2) is 48.1 Å². The Hall–Kier alpha value is -2.70. The van der Waals surface area contributed by atoms with Crippen LogP contribution in [0.2, 0.25) is 0 Å². The van der Waals surface area contributed by atoms with Gasteiger partial charge in [0.1, 0.15) is 0 Å². The lowest BCUT2D eigenvalue weighted by atomic mass is 10.0. The number of carbonyl (C=O) groups is 2. The fourth-order valence-electron chi connectivity index (χ4n) is 2.46. The third kappa shape index (κ3) is 5.98. The first kappa shape index (κ1) is 19.6. The van der Waals surface area contributed by atoms with Crippen molar-refractivity contribution in [1.82, 2.24) is 0 Å². The molecule has 0 saturated carbocycles. The summed E-state index contributed by atoms with van der Waals surface area (Å²) in [5.41, 5.74) is 2.80. The van der Waals surface area contributed by atoms with Crippen LogP contribution < -0.4 is 10.6 Å². The van der Waals surface area contributed by atoms with E-state index in [1.165, 1.54) is 0 Å². The van der Waals surface area contributed by atoms with Crippen LogP contribution in [0.4, 0.5) is 11.4 Å². The van der Waals surface area contributed by atoms with Crippen LogP contribution in [0.5, 0.6) is 0 Å². The number of hydrogen-bond acceptors (Lipinski definition) is 6. The number of aliphatic hydroxyl groups excluding tert-OH is 2. The molecule has 6 nitrogen and oxygen atoms in total. The fraction of sp³-hybridized carbons (Fsp3) is 0.300. The first-order valence-corrected chi connectivity index (χ1v) is 8.60. The van der Waals surface area contributed by atoms with Gasteiger partial charge in [0.25, 0.3) is 0 Å². The molecule has 2 aromatic carbocycles. The molecule has 0 aliphatic rings. The highest BCUT2D eigenvalue weighted by Crippen LogP contribution is 2.15. The van der Waals surface area contributed by atoms with E-state index in [1.807, 2.05) is 0 Å². The first-order chi connectivity index (χ1) is 12.6. The Morgan fingerprint density at radius 2 is 1.00 bits per heavy atom. The summed E-state index contributed by atoms with van der Waals surface area (Å²) in [6.45, 7) is 0.995. The molecule has 0 heterocycles. The number of nitrogens with one attached hydrogen (secondary N) is 2. The zero-order chi connectivity index (χ0) is 18.8. The van der Waals surface area contributed by atoms with Crippen LogP contribution in [0.25, 0.3) is 0 Å². The minimum atomic E-state index is -0.0757. The number of benzene rings is 2. The van der Waals surface area contributed by atoms with Gasteiger partial charge in [-0.15, -0.1) is 0 Å². The van der Waals surface area contributed by atoms with E-state index < -0.39 is 0 Å². The third-order valence-corrected chi connectivity index (χ3v) is 3.87. The summed E-state index contributed by atoms with van der Waals surface area (Å²) in [7, 11) is 0. The van der Waals surface area contributed by atoms with Crippen LogP contribution in [0, 0.1) is 0 Å². The summed E-state index contributed by atoms with van der Waals surface area (Å²) >= 11 is 0. The number of anilines is 2. The van der Waals surface area contributed by atoms with Gasteiger partial charge in [-0.1, -0.05) is 0 Å². The largest absolute Gasteiger partial charge is 0.395 e. The zero-order valence-corrected chi connectivity index (χ0v) is 14.6. The van der Waals surface area contributed by atoms with Crippen molar-refractivity contribution in [2.45, 2.75) is 12.8 Å². The normalized spacial score (nSPS) is 10.4. The molecule has 0 saturated heterocycles. The molecule has 0 fully saturated rings. The lowest BCUT2D eigenvalue weighted by molar-refractivity contribution is 0.0917. The van der Waals surface area contributed by atoms with Crippen LogP contribution >= 0.6 is 0 Å².